The Bertz CT molecular complexity index is 776. The highest BCUT2D eigenvalue weighted by Crippen LogP contribution is 2.11. The van der Waals surface area contributed by atoms with E-state index in [0.29, 0.717) is 6.42 Å². The minimum atomic E-state index is -0.0142. The molecule has 0 radical (unpaired) electrons. The Hall–Kier alpha value is -2.62. The normalized spacial score (nSPS) is 10.7. The monoisotopic (exact) mass is 279 g/mol. The molecule has 0 saturated carbocycles. The third-order valence-electron chi connectivity index (χ3n) is 3.42. The van der Waals surface area contributed by atoms with Crippen molar-refractivity contribution in [2.75, 3.05) is 5.43 Å². The van der Waals surface area contributed by atoms with Crippen molar-refractivity contribution in [3.8, 4) is 0 Å². The first-order chi connectivity index (χ1) is 10.2. The number of imidazole rings is 1. The molecule has 0 spiro atoms. The van der Waals surface area contributed by atoms with Crippen LogP contribution >= 0.6 is 0 Å². The van der Waals surface area contributed by atoms with E-state index in [0.717, 1.165) is 17.5 Å². The summed E-state index contributed by atoms with van der Waals surface area (Å²) in [5.41, 5.74) is 7.04. The predicted molar refractivity (Wildman–Crippen MR) is 83.6 cm³/mol. The van der Waals surface area contributed by atoms with Crippen molar-refractivity contribution in [1.29, 1.82) is 0 Å². The topological polar surface area (TPSA) is 46.9 Å². The van der Waals surface area contributed by atoms with Crippen molar-refractivity contribution in [1.82, 2.24) is 9.66 Å². The molecule has 0 bridgehead atoms. The third-order valence-corrected chi connectivity index (χ3v) is 3.42. The number of hydrogen-bond donors (Lipinski definition) is 1. The number of nitrogens with one attached hydrogen (secondary N) is 1. The van der Waals surface area contributed by atoms with Crippen LogP contribution in [-0.2, 0) is 11.2 Å². The van der Waals surface area contributed by atoms with Crippen molar-refractivity contribution in [3.05, 3.63) is 66.0 Å². The molecule has 3 rings (SSSR count). The Balaban J connectivity index is 1.64. The number of fused-ring (bicyclic) bond motifs is 1. The first-order valence-electron chi connectivity index (χ1n) is 7.00. The van der Waals surface area contributed by atoms with Crippen LogP contribution in [0, 0.1) is 6.92 Å². The maximum absolute atomic E-state index is 12.1. The van der Waals surface area contributed by atoms with E-state index in [4.69, 9.17) is 0 Å². The quantitative estimate of drug-likeness (QED) is 0.798. The number of hydrogen-bond acceptors (Lipinski definition) is 2. The number of nitrogens with zero attached hydrogens (tertiary/aromatic N) is 2. The van der Waals surface area contributed by atoms with Gasteiger partial charge in [0.25, 0.3) is 0 Å². The van der Waals surface area contributed by atoms with Gasteiger partial charge in [0.15, 0.2) is 0 Å². The zero-order valence-corrected chi connectivity index (χ0v) is 11.9. The van der Waals surface area contributed by atoms with Gasteiger partial charge in [-0.3, -0.25) is 10.2 Å². The molecular weight excluding hydrogens is 262 g/mol. The summed E-state index contributed by atoms with van der Waals surface area (Å²) in [7, 11) is 0. The van der Waals surface area contributed by atoms with Crippen LogP contribution in [0.15, 0.2) is 54.9 Å². The highest BCUT2D eigenvalue weighted by atomic mass is 16.2. The first-order valence-corrected chi connectivity index (χ1v) is 7.00. The van der Waals surface area contributed by atoms with Crippen molar-refractivity contribution in [2.45, 2.75) is 19.8 Å². The van der Waals surface area contributed by atoms with Gasteiger partial charge >= 0.3 is 0 Å². The maximum Gasteiger partial charge on any atom is 0.239 e. The molecule has 0 unspecified atom stereocenters. The summed E-state index contributed by atoms with van der Waals surface area (Å²) in [6, 6.07) is 16.0. The van der Waals surface area contributed by atoms with E-state index >= 15 is 0 Å². The van der Waals surface area contributed by atoms with Gasteiger partial charge in [0, 0.05) is 6.42 Å². The van der Waals surface area contributed by atoms with Crippen LogP contribution in [0.5, 0.6) is 0 Å². The number of amides is 1. The lowest BCUT2D eigenvalue weighted by Crippen LogP contribution is -2.22. The second kappa shape index (κ2) is 5.79. The summed E-state index contributed by atoms with van der Waals surface area (Å²) in [6.07, 6.45) is 2.82. The molecule has 21 heavy (non-hydrogen) atoms. The highest BCUT2D eigenvalue weighted by Gasteiger charge is 2.06. The second-order valence-electron chi connectivity index (χ2n) is 5.13. The van der Waals surface area contributed by atoms with Crippen LogP contribution in [0.4, 0.5) is 0 Å². The van der Waals surface area contributed by atoms with E-state index in [9.17, 15) is 4.79 Å². The Morgan fingerprint density at radius 2 is 2.05 bits per heavy atom. The molecular formula is C17H17N3O. The molecule has 4 heteroatoms. The maximum atomic E-state index is 12.1. The lowest BCUT2D eigenvalue weighted by Gasteiger charge is -2.07. The molecule has 106 valence electrons. The largest absolute Gasteiger partial charge is 0.273 e. The van der Waals surface area contributed by atoms with Crippen LogP contribution in [-0.4, -0.2) is 15.6 Å². The molecule has 0 fully saturated rings. The second-order valence-corrected chi connectivity index (χ2v) is 5.13. The minimum absolute atomic E-state index is 0.0142. The third kappa shape index (κ3) is 3.11. The summed E-state index contributed by atoms with van der Waals surface area (Å²) in [5.74, 6) is -0.0142. The molecule has 0 aliphatic heterocycles. The predicted octanol–water partition coefficient (Wildman–Crippen LogP) is 3.05. The van der Waals surface area contributed by atoms with Gasteiger partial charge < -0.3 is 0 Å². The van der Waals surface area contributed by atoms with Gasteiger partial charge in [-0.15, -0.1) is 0 Å². The number of aryl methyl sites for hydroxylation is 2. The van der Waals surface area contributed by atoms with E-state index in [1.54, 1.807) is 11.0 Å². The van der Waals surface area contributed by atoms with E-state index in [-0.39, 0.29) is 5.91 Å². The molecule has 1 amide bonds. The van der Waals surface area contributed by atoms with Gasteiger partial charge in [0.05, 0.1) is 11.0 Å². The summed E-state index contributed by atoms with van der Waals surface area (Å²) in [4.78, 5) is 16.3. The van der Waals surface area contributed by atoms with E-state index in [1.807, 2.05) is 36.4 Å². The van der Waals surface area contributed by atoms with E-state index < -0.39 is 0 Å². The molecule has 2 aromatic carbocycles. The van der Waals surface area contributed by atoms with Crippen LogP contribution in [0.2, 0.25) is 0 Å². The number of aromatic nitrogens is 2. The number of benzene rings is 2. The minimum Gasteiger partial charge on any atom is -0.273 e. The SMILES string of the molecule is Cc1cccc(CCC(=O)Nn2cnc3ccccc32)c1. The summed E-state index contributed by atoms with van der Waals surface area (Å²) in [5, 5.41) is 0. The molecule has 4 nitrogen and oxygen atoms in total. The zero-order valence-electron chi connectivity index (χ0n) is 11.9. The van der Waals surface area contributed by atoms with Crippen LogP contribution < -0.4 is 5.43 Å². The smallest absolute Gasteiger partial charge is 0.239 e. The fourth-order valence-corrected chi connectivity index (χ4v) is 2.36. The van der Waals surface area contributed by atoms with Crippen molar-refractivity contribution < 1.29 is 4.79 Å². The summed E-state index contributed by atoms with van der Waals surface area (Å²) in [6.45, 7) is 2.06. The van der Waals surface area contributed by atoms with Crippen molar-refractivity contribution in [3.63, 3.8) is 0 Å². The molecule has 1 aromatic heterocycles. The molecule has 1 N–H and O–H groups in total. The van der Waals surface area contributed by atoms with Crippen molar-refractivity contribution >= 4 is 16.9 Å². The lowest BCUT2D eigenvalue weighted by molar-refractivity contribution is -0.117. The molecule has 0 aliphatic carbocycles. The molecule has 0 saturated heterocycles. The van der Waals surface area contributed by atoms with Gasteiger partial charge in [-0.05, 0) is 31.0 Å². The van der Waals surface area contributed by atoms with Crippen molar-refractivity contribution in [2.24, 2.45) is 0 Å². The standard InChI is InChI=1S/C17H17N3O/c1-13-5-4-6-14(11-13)9-10-17(21)19-20-12-18-15-7-2-3-8-16(15)20/h2-8,11-12H,9-10H2,1H3,(H,19,21). The van der Waals surface area contributed by atoms with Gasteiger partial charge in [-0.1, -0.05) is 42.0 Å². The fraction of sp³-hybridized carbons (Fsp3) is 0.176. The van der Waals surface area contributed by atoms with Gasteiger partial charge in [0.1, 0.15) is 6.33 Å². The van der Waals surface area contributed by atoms with E-state index in [1.165, 1.54) is 11.1 Å². The highest BCUT2D eigenvalue weighted by molar-refractivity contribution is 5.86. The summed E-state index contributed by atoms with van der Waals surface area (Å²) < 4.78 is 1.67. The molecule has 0 aliphatic rings. The van der Waals surface area contributed by atoms with Gasteiger partial charge in [-0.2, -0.15) is 0 Å². The summed E-state index contributed by atoms with van der Waals surface area (Å²) >= 11 is 0. The number of carbonyl (C=O) groups is 1. The molecule has 0 atom stereocenters. The Kier molecular flexibility index (Phi) is 3.69. The molecule has 1 heterocycles. The molecule has 3 aromatic rings. The number of carbonyl (C=O) groups excluding carboxylic acids is 1. The Morgan fingerprint density at radius 1 is 1.19 bits per heavy atom. The van der Waals surface area contributed by atoms with E-state index in [2.05, 4.69) is 29.5 Å². The lowest BCUT2D eigenvalue weighted by atomic mass is 10.1. The Labute approximate surface area is 123 Å². The van der Waals surface area contributed by atoms with Crippen LogP contribution in [0.25, 0.3) is 11.0 Å². The zero-order chi connectivity index (χ0) is 14.7. The fourth-order valence-electron chi connectivity index (χ4n) is 2.36. The van der Waals surface area contributed by atoms with Crippen LogP contribution in [0.1, 0.15) is 17.5 Å². The average molecular weight is 279 g/mol. The number of rotatable bonds is 4. The first kappa shape index (κ1) is 13.4. The van der Waals surface area contributed by atoms with Gasteiger partial charge in [-0.25, -0.2) is 9.66 Å². The van der Waals surface area contributed by atoms with Crippen LogP contribution in [0.3, 0.4) is 0 Å². The number of para-hydroxylation sites is 2. The Morgan fingerprint density at radius 3 is 2.90 bits per heavy atom. The van der Waals surface area contributed by atoms with Gasteiger partial charge in [0.2, 0.25) is 5.91 Å². The average Bonchev–Trinajstić information content (AvgIpc) is 2.89.